The highest BCUT2D eigenvalue weighted by Crippen LogP contribution is 2.59. The Morgan fingerprint density at radius 3 is 0.831 bits per heavy atom. The molecular formula is C102H128N4O16Si2. The maximum absolute atomic E-state index is 17.2. The van der Waals surface area contributed by atoms with E-state index < -0.39 is 65.1 Å². The molecule has 4 saturated carbocycles. The number of aryl methyl sites for hydroxylation is 4. The fraction of sp³-hybridized carbons (Fsp3) is 0.510. The molecule has 6 aliphatic rings. The SMILES string of the molecule is CO[Si](CC1CCCC(NC(=O)C(CC2CCCCC2)N2C(=O)c3cc(Oc4ccc(C(C)C)cc4C)c4c5c(Oc6ccc(C(C)C)cc6C)cc6c7c(cc(Oc8ccc(C(C)C)cc8C)c(c8c(Oc9ccc(C(C)C)cc9C)cc(c3c48)C2=O)c75)C(=O)N(C(CC2CCCCC2)C(=O)NC2CCCC(C[Si](OC)(OC)OC)C2)C6=O)C1)(OC)OC. The molecule has 4 aliphatic carbocycles. The molecule has 9 aromatic carbocycles. The van der Waals surface area contributed by atoms with E-state index in [1.807, 2.05) is 76.2 Å². The summed E-state index contributed by atoms with van der Waals surface area (Å²) in [6.07, 6.45) is 15.7. The first kappa shape index (κ1) is 89.7. The van der Waals surface area contributed by atoms with Crippen molar-refractivity contribution in [3.05, 3.63) is 164 Å². The van der Waals surface area contributed by atoms with E-state index in [9.17, 15) is 0 Å². The lowest BCUT2D eigenvalue weighted by molar-refractivity contribution is -0.127. The summed E-state index contributed by atoms with van der Waals surface area (Å²) in [7, 11) is 3.63. The number of nitrogens with zero attached hydrogens (tertiary/aromatic N) is 2. The van der Waals surface area contributed by atoms with Crippen molar-refractivity contribution in [1.82, 2.24) is 20.4 Å². The molecule has 660 valence electrons. The van der Waals surface area contributed by atoms with Gasteiger partial charge in [0.05, 0.1) is 22.3 Å². The summed E-state index contributed by atoms with van der Waals surface area (Å²) in [6, 6.07) is 29.3. The lowest BCUT2D eigenvalue weighted by Crippen LogP contribution is -2.56. The third kappa shape index (κ3) is 17.7. The molecular weight excluding hydrogens is 1590 g/mol. The van der Waals surface area contributed by atoms with Crippen LogP contribution in [0.5, 0.6) is 46.0 Å². The van der Waals surface area contributed by atoms with Crippen LogP contribution >= 0.6 is 0 Å². The first-order valence-electron chi connectivity index (χ1n) is 45.7. The summed E-state index contributed by atoms with van der Waals surface area (Å²) in [5.74, 6) is -0.203. The van der Waals surface area contributed by atoms with Gasteiger partial charge in [0, 0.05) is 110 Å². The monoisotopic (exact) mass is 1720 g/mol. The molecule has 0 radical (unpaired) electrons. The fourth-order valence-electron chi connectivity index (χ4n) is 21.1. The van der Waals surface area contributed by atoms with E-state index in [-0.39, 0.29) is 128 Å². The number of amides is 6. The maximum Gasteiger partial charge on any atom is 0.500 e. The Hall–Kier alpha value is -9.11. The molecule has 4 fully saturated rings. The van der Waals surface area contributed by atoms with Crippen molar-refractivity contribution in [3.63, 3.8) is 0 Å². The quantitative estimate of drug-likeness (QED) is 0.0173. The number of ether oxygens (including phenoxy) is 4. The van der Waals surface area contributed by atoms with Crippen LogP contribution in [-0.4, -0.2) is 130 Å². The Kier molecular flexibility index (Phi) is 27.1. The molecule has 6 unspecified atom stereocenters. The van der Waals surface area contributed by atoms with Gasteiger partial charge in [0.2, 0.25) is 11.8 Å². The Balaban J connectivity index is 1.04. The normalized spacial score (nSPS) is 19.4. The molecule has 124 heavy (non-hydrogen) atoms. The highest BCUT2D eigenvalue weighted by Gasteiger charge is 2.50. The van der Waals surface area contributed by atoms with E-state index in [1.165, 1.54) is 9.80 Å². The van der Waals surface area contributed by atoms with Gasteiger partial charge < -0.3 is 56.1 Å². The smallest absolute Gasteiger partial charge is 0.456 e. The topological polar surface area (TPSA) is 225 Å². The average Bonchev–Trinajstić information content (AvgIpc) is 0.668. The van der Waals surface area contributed by atoms with Crippen molar-refractivity contribution in [1.29, 1.82) is 0 Å². The van der Waals surface area contributed by atoms with Crippen molar-refractivity contribution in [2.75, 3.05) is 42.7 Å². The second-order valence-electron chi connectivity index (χ2n) is 37.8. The van der Waals surface area contributed by atoms with Crippen LogP contribution in [0.25, 0.3) is 43.1 Å². The van der Waals surface area contributed by atoms with Crippen LogP contribution in [0.15, 0.2) is 97.1 Å². The molecule has 2 heterocycles. The average molecular weight is 1720 g/mol. The molecule has 0 aromatic heterocycles. The van der Waals surface area contributed by atoms with Gasteiger partial charge in [-0.25, -0.2) is 0 Å². The number of hydrogen-bond donors (Lipinski definition) is 2. The molecule has 9 aromatic rings. The molecule has 0 bridgehead atoms. The second-order valence-corrected chi connectivity index (χ2v) is 43.8. The number of carbonyl (C=O) groups excluding carboxylic acids is 6. The molecule has 6 amide bonds. The van der Waals surface area contributed by atoms with Crippen molar-refractivity contribution >= 4 is 96.1 Å². The van der Waals surface area contributed by atoms with Crippen LogP contribution in [-0.2, 0) is 36.1 Å². The number of carbonyl (C=O) groups is 6. The second kappa shape index (κ2) is 37.4. The van der Waals surface area contributed by atoms with E-state index in [0.29, 0.717) is 93.1 Å². The van der Waals surface area contributed by atoms with Crippen LogP contribution in [0.3, 0.4) is 0 Å². The minimum atomic E-state index is -3.04. The van der Waals surface area contributed by atoms with Crippen LogP contribution in [0.2, 0.25) is 12.1 Å². The van der Waals surface area contributed by atoms with Crippen molar-refractivity contribution in [3.8, 4) is 46.0 Å². The summed E-state index contributed by atoms with van der Waals surface area (Å²) in [5, 5.41) is 9.68. The zero-order chi connectivity index (χ0) is 88.1. The molecule has 22 heteroatoms. The largest absolute Gasteiger partial charge is 0.500 e. The van der Waals surface area contributed by atoms with Gasteiger partial charge in [-0.1, -0.05) is 194 Å². The molecule has 15 rings (SSSR count). The van der Waals surface area contributed by atoms with E-state index in [2.05, 4.69) is 90.3 Å². The van der Waals surface area contributed by atoms with Gasteiger partial charge in [-0.2, -0.15) is 0 Å². The van der Waals surface area contributed by atoms with Gasteiger partial charge in [-0.05, 0) is 207 Å². The predicted octanol–water partition coefficient (Wildman–Crippen LogP) is 23.6. The van der Waals surface area contributed by atoms with Crippen LogP contribution in [0.4, 0.5) is 0 Å². The van der Waals surface area contributed by atoms with Gasteiger partial charge in [0.25, 0.3) is 23.6 Å². The third-order valence-corrected chi connectivity index (χ3v) is 34.2. The minimum absolute atomic E-state index is 0.0120. The lowest BCUT2D eigenvalue weighted by Gasteiger charge is -2.39. The Labute approximate surface area is 734 Å². The molecule has 20 nitrogen and oxygen atoms in total. The van der Waals surface area contributed by atoms with Gasteiger partial charge in [0.15, 0.2) is 0 Å². The highest BCUT2D eigenvalue weighted by atomic mass is 28.4. The van der Waals surface area contributed by atoms with Gasteiger partial charge >= 0.3 is 17.6 Å². The van der Waals surface area contributed by atoms with Gasteiger partial charge in [-0.3, -0.25) is 38.6 Å². The van der Waals surface area contributed by atoms with Crippen LogP contribution < -0.4 is 29.6 Å². The number of fused-ring (bicyclic) bond motifs is 2. The van der Waals surface area contributed by atoms with Crippen molar-refractivity contribution in [2.45, 2.75) is 271 Å². The molecule has 2 aliphatic heterocycles. The number of rotatable bonds is 32. The number of benzene rings is 9. The number of nitrogens with one attached hydrogen (secondary N) is 2. The predicted molar refractivity (Wildman–Crippen MR) is 491 cm³/mol. The first-order valence-corrected chi connectivity index (χ1v) is 49.6. The number of imide groups is 2. The molecule has 0 saturated heterocycles. The standard InChI is InChI=1S/C102H128N4O16Si2/c1-57(2)69-35-39-81(61(9)43-69)119-85-51-75-89-76(100(110)105(99(75)109)79(49-65-27-21-19-22-28-65)97(107)103-73-33-25-31-67(47-73)55-123(113-13,114-14)115-15)53-87(121-83-41-37-71(59(5)6)45-63(83)11)93-94-88(122-84-42-38-72(60(7)8)46-64(84)12)54-78-90-77(52-86(92(96(90)94)91(85)95(89)93)120-82-40-36-70(58(3)4)44-62(82)10)101(111)106(102(78)112)80(50-66-29-23-20-24-30-66)98(108)104-74-34-26-32-68(48-74)56-124(116-16,117-17)118-18/h35-46,51-54,57-60,65-68,73-74,79-80H,19-34,47-50,55-56H2,1-18H3,(H,103,107)(H,104,108). The molecule has 6 atom stereocenters. The summed E-state index contributed by atoms with van der Waals surface area (Å²) in [4.78, 5) is 104. The first-order chi connectivity index (χ1) is 59.5. The van der Waals surface area contributed by atoms with Gasteiger partial charge in [0.1, 0.15) is 58.1 Å². The fourth-order valence-corrected chi connectivity index (χ4v) is 25.3. The molecule has 0 spiro atoms. The van der Waals surface area contributed by atoms with Crippen molar-refractivity contribution < 1.29 is 74.3 Å². The Morgan fingerprint density at radius 2 is 0.589 bits per heavy atom. The maximum atomic E-state index is 17.2. The van der Waals surface area contributed by atoms with E-state index >= 15 is 28.8 Å². The lowest BCUT2D eigenvalue weighted by atomic mass is 9.79. The van der Waals surface area contributed by atoms with Crippen molar-refractivity contribution in [2.24, 2.45) is 23.7 Å². The summed E-state index contributed by atoms with van der Waals surface area (Å²) in [6.45, 7) is 25.1. The Bertz CT molecular complexity index is 4940. The summed E-state index contributed by atoms with van der Waals surface area (Å²) in [5.41, 5.74) is 7.87. The van der Waals surface area contributed by atoms with Gasteiger partial charge in [-0.15, -0.1) is 0 Å². The zero-order valence-electron chi connectivity index (χ0n) is 76.1. The minimum Gasteiger partial charge on any atom is -0.456 e. The van der Waals surface area contributed by atoms with E-state index in [4.69, 9.17) is 45.5 Å². The zero-order valence-corrected chi connectivity index (χ0v) is 78.1. The van der Waals surface area contributed by atoms with Crippen LogP contribution in [0.1, 0.15) is 293 Å². The van der Waals surface area contributed by atoms with E-state index in [0.717, 1.165) is 134 Å². The number of hydrogen-bond acceptors (Lipinski definition) is 16. The Morgan fingerprint density at radius 1 is 0.331 bits per heavy atom. The third-order valence-electron chi connectivity index (χ3n) is 28.3. The highest BCUT2D eigenvalue weighted by molar-refractivity contribution is 6.61. The van der Waals surface area contributed by atoms with E-state index in [1.54, 1.807) is 66.9 Å². The molecule has 2 N–H and O–H groups in total. The summed E-state index contributed by atoms with van der Waals surface area (Å²) >= 11 is 0. The van der Waals surface area contributed by atoms with Crippen LogP contribution in [0, 0.1) is 51.4 Å². The summed E-state index contributed by atoms with van der Waals surface area (Å²) < 4.78 is 66.5.